The van der Waals surface area contributed by atoms with Gasteiger partial charge in [0.2, 0.25) is 0 Å². The van der Waals surface area contributed by atoms with Crippen LogP contribution >= 0.6 is 0 Å². The predicted molar refractivity (Wildman–Crippen MR) is 72.7 cm³/mol. The number of amides is 1. The Kier molecular flexibility index (Phi) is 2.75. The Hall–Kier alpha value is -3.10. The molecule has 0 aliphatic rings. The normalized spacial score (nSPS) is 11.0. The number of aromatic amines is 1. The van der Waals surface area contributed by atoms with Gasteiger partial charge in [0, 0.05) is 6.07 Å². The molecular formula is C12H11N5O4. The molecule has 0 aliphatic carbocycles. The van der Waals surface area contributed by atoms with Crippen LogP contribution in [0.5, 0.6) is 11.5 Å². The molecule has 21 heavy (non-hydrogen) atoms. The molecule has 0 fully saturated rings. The molecule has 0 atom stereocenters. The van der Waals surface area contributed by atoms with Gasteiger partial charge in [0.25, 0.3) is 11.5 Å². The summed E-state index contributed by atoms with van der Waals surface area (Å²) in [7, 11) is 2.95. The van der Waals surface area contributed by atoms with E-state index in [4.69, 9.17) is 15.2 Å². The summed E-state index contributed by atoms with van der Waals surface area (Å²) in [6.45, 7) is 0. The minimum atomic E-state index is -0.777. The zero-order valence-corrected chi connectivity index (χ0v) is 11.2. The van der Waals surface area contributed by atoms with Gasteiger partial charge in [-0.15, -0.1) is 5.10 Å². The Balaban J connectivity index is 2.49. The summed E-state index contributed by atoms with van der Waals surface area (Å²) in [5, 5.41) is 6.67. The fourth-order valence-electron chi connectivity index (χ4n) is 2.12. The van der Waals surface area contributed by atoms with Crippen LogP contribution in [-0.4, -0.2) is 39.9 Å². The van der Waals surface area contributed by atoms with Crippen molar-refractivity contribution < 1.29 is 14.3 Å². The van der Waals surface area contributed by atoms with Crippen LogP contribution < -0.4 is 20.8 Å². The van der Waals surface area contributed by atoms with Crippen molar-refractivity contribution in [1.82, 2.24) is 19.8 Å². The first kappa shape index (κ1) is 12.9. The number of rotatable bonds is 3. The fourth-order valence-corrected chi connectivity index (χ4v) is 2.12. The summed E-state index contributed by atoms with van der Waals surface area (Å²) in [6.07, 6.45) is 0. The van der Waals surface area contributed by atoms with Gasteiger partial charge in [0.15, 0.2) is 22.8 Å². The third-order valence-corrected chi connectivity index (χ3v) is 3.10. The maximum absolute atomic E-state index is 12.1. The van der Waals surface area contributed by atoms with Gasteiger partial charge in [0.05, 0.1) is 25.1 Å². The lowest BCUT2D eigenvalue weighted by Crippen LogP contribution is -2.15. The zero-order valence-electron chi connectivity index (χ0n) is 11.2. The van der Waals surface area contributed by atoms with Crippen molar-refractivity contribution in [2.24, 2.45) is 5.73 Å². The highest BCUT2D eigenvalue weighted by atomic mass is 16.5. The van der Waals surface area contributed by atoms with Crippen molar-refractivity contribution >= 4 is 22.5 Å². The maximum atomic E-state index is 12.1. The number of primary amides is 1. The molecule has 0 saturated heterocycles. The summed E-state index contributed by atoms with van der Waals surface area (Å²) >= 11 is 0. The van der Waals surface area contributed by atoms with Crippen LogP contribution in [0.25, 0.3) is 16.6 Å². The quantitative estimate of drug-likeness (QED) is 0.681. The highest BCUT2D eigenvalue weighted by molar-refractivity contribution is 5.97. The van der Waals surface area contributed by atoms with E-state index >= 15 is 0 Å². The first-order valence-electron chi connectivity index (χ1n) is 5.89. The molecule has 9 nitrogen and oxygen atoms in total. The second-order valence-corrected chi connectivity index (χ2v) is 4.22. The number of nitrogens with one attached hydrogen (secondary N) is 1. The van der Waals surface area contributed by atoms with Gasteiger partial charge in [-0.1, -0.05) is 0 Å². The molecule has 0 bridgehead atoms. The van der Waals surface area contributed by atoms with E-state index in [9.17, 15) is 9.59 Å². The van der Waals surface area contributed by atoms with Gasteiger partial charge in [0.1, 0.15) is 0 Å². The number of H-pyrrole nitrogens is 1. The van der Waals surface area contributed by atoms with Crippen molar-refractivity contribution in [2.75, 3.05) is 14.2 Å². The molecule has 0 radical (unpaired) electrons. The maximum Gasteiger partial charge on any atom is 0.281 e. The van der Waals surface area contributed by atoms with Gasteiger partial charge >= 0.3 is 0 Å². The fraction of sp³-hybridized carbons (Fsp3) is 0.167. The number of methoxy groups -OCH3 is 2. The largest absolute Gasteiger partial charge is 0.493 e. The predicted octanol–water partition coefficient (Wildman–Crippen LogP) is -0.313. The molecule has 3 N–H and O–H groups in total. The number of aromatic nitrogens is 4. The monoisotopic (exact) mass is 289 g/mol. The van der Waals surface area contributed by atoms with Crippen LogP contribution in [0.1, 0.15) is 10.5 Å². The molecule has 0 spiro atoms. The molecule has 0 saturated carbocycles. The lowest BCUT2D eigenvalue weighted by atomic mass is 10.2. The van der Waals surface area contributed by atoms with Crippen LogP contribution in [0.4, 0.5) is 0 Å². The number of nitrogens with zero attached hydrogens (tertiary/aromatic N) is 3. The number of hydrogen-bond acceptors (Lipinski definition) is 6. The van der Waals surface area contributed by atoms with Crippen LogP contribution in [0.2, 0.25) is 0 Å². The Morgan fingerprint density at radius 1 is 1.29 bits per heavy atom. The highest BCUT2D eigenvalue weighted by Crippen LogP contribution is 2.30. The minimum absolute atomic E-state index is 0.0622. The Morgan fingerprint density at radius 3 is 2.57 bits per heavy atom. The second-order valence-electron chi connectivity index (χ2n) is 4.22. The average molecular weight is 289 g/mol. The van der Waals surface area contributed by atoms with Crippen molar-refractivity contribution in [1.29, 1.82) is 0 Å². The second kappa shape index (κ2) is 4.47. The van der Waals surface area contributed by atoms with Crippen molar-refractivity contribution in [3.05, 3.63) is 28.2 Å². The van der Waals surface area contributed by atoms with E-state index in [0.29, 0.717) is 22.4 Å². The van der Waals surface area contributed by atoms with E-state index < -0.39 is 11.5 Å². The topological polar surface area (TPSA) is 125 Å². The van der Waals surface area contributed by atoms with Crippen LogP contribution in [0, 0.1) is 0 Å². The summed E-state index contributed by atoms with van der Waals surface area (Å²) in [5.41, 5.74) is 5.08. The average Bonchev–Trinajstić information content (AvgIpc) is 2.90. The van der Waals surface area contributed by atoms with E-state index in [1.54, 1.807) is 6.07 Å². The molecule has 1 aromatic carbocycles. The molecule has 9 heteroatoms. The van der Waals surface area contributed by atoms with Crippen LogP contribution in [0.15, 0.2) is 16.9 Å². The molecule has 2 heterocycles. The van der Waals surface area contributed by atoms with Gasteiger partial charge in [-0.2, -0.15) is 4.98 Å². The molecule has 3 aromatic rings. The molecule has 0 unspecified atom stereocenters. The van der Waals surface area contributed by atoms with Crippen LogP contribution in [0.3, 0.4) is 0 Å². The van der Waals surface area contributed by atoms with Gasteiger partial charge < -0.3 is 15.2 Å². The van der Waals surface area contributed by atoms with Crippen molar-refractivity contribution in [3.8, 4) is 11.5 Å². The number of hydrogen-bond donors (Lipinski definition) is 2. The highest BCUT2D eigenvalue weighted by Gasteiger charge is 2.18. The molecule has 0 aliphatic heterocycles. The first-order valence-corrected chi connectivity index (χ1v) is 5.89. The Bertz CT molecular complexity index is 927. The van der Waals surface area contributed by atoms with Crippen LogP contribution in [-0.2, 0) is 0 Å². The lowest BCUT2D eigenvalue weighted by molar-refractivity contribution is 0.0997. The van der Waals surface area contributed by atoms with Crippen molar-refractivity contribution in [3.63, 3.8) is 0 Å². The third kappa shape index (κ3) is 1.78. The summed E-state index contributed by atoms with van der Waals surface area (Å²) in [5.74, 6) is 0.0543. The Labute approximate surface area is 117 Å². The standard InChI is InChI=1S/C12H11N5O4/c1-20-7-3-5-6(4-8(7)21-2)17-11(14-12(5)19)9(10(13)18)15-16-17/h3-4,16H,1-2H3,(H2,13,18). The molecule has 2 aromatic heterocycles. The molecule has 3 rings (SSSR count). The molecule has 108 valence electrons. The third-order valence-electron chi connectivity index (χ3n) is 3.10. The molecular weight excluding hydrogens is 278 g/mol. The number of benzene rings is 1. The van der Waals surface area contributed by atoms with Gasteiger partial charge in [-0.05, 0) is 6.07 Å². The number of carbonyl (C=O) groups is 1. The number of nitrogens with two attached hydrogens (primary N) is 1. The van der Waals surface area contributed by atoms with Gasteiger partial charge in [-0.25, -0.2) is 9.73 Å². The zero-order chi connectivity index (χ0) is 15.1. The number of carbonyl (C=O) groups excluding carboxylic acids is 1. The number of fused-ring (bicyclic) bond motifs is 3. The minimum Gasteiger partial charge on any atom is -0.493 e. The van der Waals surface area contributed by atoms with Crippen molar-refractivity contribution in [2.45, 2.75) is 0 Å². The Morgan fingerprint density at radius 2 is 1.95 bits per heavy atom. The first-order chi connectivity index (χ1) is 10.1. The smallest absolute Gasteiger partial charge is 0.281 e. The number of ether oxygens (including phenoxy) is 2. The summed E-state index contributed by atoms with van der Waals surface area (Å²) in [6, 6.07) is 3.11. The van der Waals surface area contributed by atoms with Gasteiger partial charge in [-0.3, -0.25) is 9.59 Å². The summed E-state index contributed by atoms with van der Waals surface area (Å²) < 4.78 is 11.7. The van der Waals surface area contributed by atoms with E-state index in [1.807, 2.05) is 0 Å². The van der Waals surface area contributed by atoms with E-state index in [-0.39, 0.29) is 11.3 Å². The summed E-state index contributed by atoms with van der Waals surface area (Å²) in [4.78, 5) is 27.2. The molecule has 1 amide bonds. The SMILES string of the molecule is COc1cc2c(=O)nc3c(C(N)=O)n[nH]n3c2cc1OC. The van der Waals surface area contributed by atoms with E-state index in [1.165, 1.54) is 24.8 Å². The van der Waals surface area contributed by atoms with E-state index in [2.05, 4.69) is 15.3 Å². The lowest BCUT2D eigenvalue weighted by Gasteiger charge is -2.09. The van der Waals surface area contributed by atoms with E-state index in [0.717, 1.165) is 0 Å².